The van der Waals surface area contributed by atoms with E-state index in [0.717, 1.165) is 11.1 Å². The molecule has 0 aliphatic carbocycles. The normalized spacial score (nSPS) is 11.1. The van der Waals surface area contributed by atoms with Crippen molar-refractivity contribution in [2.24, 2.45) is 0 Å². The fourth-order valence-electron chi connectivity index (χ4n) is 2.55. The Morgan fingerprint density at radius 1 is 1.15 bits per heavy atom. The summed E-state index contributed by atoms with van der Waals surface area (Å²) in [5.41, 5.74) is 2.21. The minimum atomic E-state index is -0.380. The highest BCUT2D eigenvalue weighted by Gasteiger charge is 2.13. The zero-order chi connectivity index (χ0) is 19.6. The molecule has 5 nitrogen and oxygen atoms in total. The molecule has 0 atom stereocenters. The Morgan fingerprint density at radius 2 is 1.81 bits per heavy atom. The van der Waals surface area contributed by atoms with Gasteiger partial charge in [0.05, 0.1) is 0 Å². The van der Waals surface area contributed by atoms with Crippen molar-refractivity contribution in [1.82, 2.24) is 10.2 Å². The van der Waals surface area contributed by atoms with Crippen molar-refractivity contribution in [2.45, 2.75) is 32.9 Å². The second kappa shape index (κ2) is 10.0. The lowest BCUT2D eigenvalue weighted by Crippen LogP contribution is -2.30. The Bertz CT molecular complexity index is 806. The van der Waals surface area contributed by atoms with E-state index in [2.05, 4.69) is 5.32 Å². The number of carbonyl (C=O) groups excluding carboxylic acids is 1. The predicted molar refractivity (Wildman–Crippen MR) is 106 cm³/mol. The third kappa shape index (κ3) is 6.52. The van der Waals surface area contributed by atoms with E-state index in [1.165, 1.54) is 0 Å². The first kappa shape index (κ1) is 20.1. The highest BCUT2D eigenvalue weighted by Crippen LogP contribution is 2.11. The van der Waals surface area contributed by atoms with Gasteiger partial charge >= 0.3 is 0 Å². The zero-order valence-corrected chi connectivity index (χ0v) is 15.7. The SMILES string of the molecule is CC(C)N(/C=C(/C#N)C(=O)NCCc1ccc(O)cc1)Cc1ccccc1. The fourth-order valence-corrected chi connectivity index (χ4v) is 2.55. The van der Waals surface area contributed by atoms with Crippen molar-refractivity contribution in [3.05, 3.63) is 77.5 Å². The van der Waals surface area contributed by atoms with Gasteiger partial charge in [-0.3, -0.25) is 4.79 Å². The van der Waals surface area contributed by atoms with E-state index in [9.17, 15) is 15.2 Å². The molecule has 1 amide bonds. The van der Waals surface area contributed by atoms with Crippen LogP contribution in [0.2, 0.25) is 0 Å². The van der Waals surface area contributed by atoms with Crippen molar-refractivity contribution in [3.8, 4) is 11.8 Å². The molecule has 0 spiro atoms. The summed E-state index contributed by atoms with van der Waals surface area (Å²) in [6, 6.07) is 18.9. The van der Waals surface area contributed by atoms with Crippen LogP contribution in [0.1, 0.15) is 25.0 Å². The summed E-state index contributed by atoms with van der Waals surface area (Å²) in [6.07, 6.45) is 2.26. The molecule has 2 N–H and O–H groups in total. The van der Waals surface area contributed by atoms with Gasteiger partial charge in [-0.2, -0.15) is 5.26 Å². The Labute approximate surface area is 160 Å². The lowest BCUT2D eigenvalue weighted by Gasteiger charge is -2.25. The molecule has 0 bridgehead atoms. The van der Waals surface area contributed by atoms with Gasteiger partial charge in [-0.1, -0.05) is 42.5 Å². The summed E-state index contributed by atoms with van der Waals surface area (Å²) in [5, 5.41) is 21.5. The van der Waals surface area contributed by atoms with Gasteiger partial charge in [0.25, 0.3) is 5.91 Å². The lowest BCUT2D eigenvalue weighted by atomic mass is 10.1. The molecule has 0 fully saturated rings. The van der Waals surface area contributed by atoms with Gasteiger partial charge in [-0.15, -0.1) is 0 Å². The van der Waals surface area contributed by atoms with Crippen LogP contribution in [-0.4, -0.2) is 28.5 Å². The van der Waals surface area contributed by atoms with Crippen LogP contribution in [0, 0.1) is 11.3 Å². The molecule has 0 unspecified atom stereocenters. The van der Waals surface area contributed by atoms with Crippen LogP contribution in [-0.2, 0) is 17.8 Å². The molecule has 2 rings (SSSR count). The summed E-state index contributed by atoms with van der Waals surface area (Å²) in [4.78, 5) is 14.3. The van der Waals surface area contributed by atoms with Gasteiger partial charge in [-0.25, -0.2) is 0 Å². The first-order valence-electron chi connectivity index (χ1n) is 8.97. The van der Waals surface area contributed by atoms with Crippen LogP contribution >= 0.6 is 0 Å². The monoisotopic (exact) mass is 363 g/mol. The number of carbonyl (C=O) groups is 1. The molecule has 0 aliphatic heterocycles. The van der Waals surface area contributed by atoms with Crippen LogP contribution in [0.15, 0.2) is 66.4 Å². The first-order valence-corrected chi connectivity index (χ1v) is 8.97. The van der Waals surface area contributed by atoms with Crippen molar-refractivity contribution in [3.63, 3.8) is 0 Å². The number of hydrogen-bond donors (Lipinski definition) is 2. The van der Waals surface area contributed by atoms with Crippen LogP contribution in [0.5, 0.6) is 5.75 Å². The number of amides is 1. The number of nitrogens with one attached hydrogen (secondary N) is 1. The van der Waals surface area contributed by atoms with E-state index in [0.29, 0.717) is 19.5 Å². The molecule has 0 aromatic heterocycles. The van der Waals surface area contributed by atoms with Gasteiger partial charge in [-0.05, 0) is 43.5 Å². The van der Waals surface area contributed by atoms with E-state index >= 15 is 0 Å². The van der Waals surface area contributed by atoms with Crippen molar-refractivity contribution >= 4 is 5.91 Å². The summed E-state index contributed by atoms with van der Waals surface area (Å²) in [6.45, 7) is 5.10. The maximum atomic E-state index is 12.4. The van der Waals surface area contributed by atoms with Crippen LogP contribution in [0.25, 0.3) is 0 Å². The average Bonchev–Trinajstić information content (AvgIpc) is 2.67. The maximum absolute atomic E-state index is 12.4. The molecule has 0 saturated carbocycles. The zero-order valence-electron chi connectivity index (χ0n) is 15.7. The third-order valence-corrected chi connectivity index (χ3v) is 4.17. The third-order valence-electron chi connectivity index (χ3n) is 4.17. The molecule has 2 aromatic carbocycles. The maximum Gasteiger partial charge on any atom is 0.263 e. The number of nitrogens with zero attached hydrogens (tertiary/aromatic N) is 2. The van der Waals surface area contributed by atoms with E-state index in [-0.39, 0.29) is 23.3 Å². The number of aromatic hydroxyl groups is 1. The largest absolute Gasteiger partial charge is 0.508 e. The molecule has 27 heavy (non-hydrogen) atoms. The molecule has 2 aromatic rings. The molecule has 0 radical (unpaired) electrons. The standard InChI is InChI=1S/C22H25N3O2/c1-17(2)25(15-19-6-4-3-5-7-19)16-20(14-23)22(27)24-13-12-18-8-10-21(26)11-9-18/h3-11,16-17,26H,12-13,15H2,1-2H3,(H,24,27)/b20-16-. The van der Waals surface area contributed by atoms with Crippen molar-refractivity contribution in [2.75, 3.05) is 6.54 Å². The molecular weight excluding hydrogens is 338 g/mol. The summed E-state index contributed by atoms with van der Waals surface area (Å²) < 4.78 is 0. The molecule has 0 aliphatic rings. The average molecular weight is 363 g/mol. The number of nitriles is 1. The first-order chi connectivity index (χ1) is 13.0. The van der Waals surface area contributed by atoms with Gasteiger partial charge in [0.15, 0.2) is 0 Å². The van der Waals surface area contributed by atoms with Gasteiger partial charge < -0.3 is 15.3 Å². The number of benzene rings is 2. The van der Waals surface area contributed by atoms with Crippen LogP contribution in [0.4, 0.5) is 0 Å². The number of phenolic OH excluding ortho intramolecular Hbond substituents is 1. The number of hydrogen-bond acceptors (Lipinski definition) is 4. The second-order valence-corrected chi connectivity index (χ2v) is 6.58. The van der Waals surface area contributed by atoms with Crippen LogP contribution < -0.4 is 5.32 Å². The van der Waals surface area contributed by atoms with Crippen molar-refractivity contribution < 1.29 is 9.90 Å². The van der Waals surface area contributed by atoms with Gasteiger partial charge in [0.2, 0.25) is 0 Å². The summed E-state index contributed by atoms with van der Waals surface area (Å²) >= 11 is 0. The summed E-state index contributed by atoms with van der Waals surface area (Å²) in [7, 11) is 0. The molecule has 5 heteroatoms. The minimum absolute atomic E-state index is 0.0883. The number of phenols is 1. The molecule has 0 heterocycles. The smallest absolute Gasteiger partial charge is 0.263 e. The number of rotatable bonds is 8. The Kier molecular flexibility index (Phi) is 7.45. The summed E-state index contributed by atoms with van der Waals surface area (Å²) in [5.74, 6) is -0.167. The highest BCUT2D eigenvalue weighted by atomic mass is 16.3. The van der Waals surface area contributed by atoms with Gasteiger partial charge in [0.1, 0.15) is 17.4 Å². The van der Waals surface area contributed by atoms with E-state index in [4.69, 9.17) is 0 Å². The quantitative estimate of drug-likeness (QED) is 0.557. The highest BCUT2D eigenvalue weighted by molar-refractivity contribution is 5.97. The van der Waals surface area contributed by atoms with Gasteiger partial charge in [0, 0.05) is 25.3 Å². The Hall–Kier alpha value is -3.26. The van der Waals surface area contributed by atoms with Crippen LogP contribution in [0.3, 0.4) is 0 Å². The van der Waals surface area contributed by atoms with Crippen molar-refractivity contribution in [1.29, 1.82) is 5.26 Å². The van der Waals surface area contributed by atoms with E-state index in [1.807, 2.05) is 67.3 Å². The van der Waals surface area contributed by atoms with E-state index in [1.54, 1.807) is 18.3 Å². The fraction of sp³-hybridized carbons (Fsp3) is 0.273. The molecule has 140 valence electrons. The second-order valence-electron chi connectivity index (χ2n) is 6.58. The minimum Gasteiger partial charge on any atom is -0.508 e. The van der Waals surface area contributed by atoms with E-state index < -0.39 is 0 Å². The Morgan fingerprint density at radius 3 is 2.41 bits per heavy atom. The Balaban J connectivity index is 1.98. The molecular formula is C22H25N3O2. The predicted octanol–water partition coefficient (Wildman–Crippen LogP) is 3.37. The topological polar surface area (TPSA) is 76.4 Å². The lowest BCUT2D eigenvalue weighted by molar-refractivity contribution is -0.117. The molecule has 0 saturated heterocycles.